The molecule has 0 radical (unpaired) electrons. The summed E-state index contributed by atoms with van der Waals surface area (Å²) in [6.45, 7) is 10.3. The highest BCUT2D eigenvalue weighted by molar-refractivity contribution is 5.85. The fourth-order valence-electron chi connectivity index (χ4n) is 2.12. The van der Waals surface area contributed by atoms with Crippen LogP contribution in [0.15, 0.2) is 0 Å². The molecule has 3 nitrogen and oxygen atoms in total. The highest BCUT2D eigenvalue weighted by Crippen LogP contribution is 2.34. The molecule has 1 aliphatic heterocycles. The second kappa shape index (κ2) is 6.60. The molecule has 1 heterocycles. The monoisotopic (exact) mass is 262 g/mol. The van der Waals surface area contributed by atoms with E-state index in [1.165, 1.54) is 6.42 Å². The fourth-order valence-corrected chi connectivity index (χ4v) is 2.12. The second-order valence-corrected chi connectivity index (χ2v) is 5.76. The van der Waals surface area contributed by atoms with Crippen LogP contribution >= 0.6 is 12.4 Å². The van der Waals surface area contributed by atoms with Crippen molar-refractivity contribution in [1.82, 2.24) is 4.90 Å². The van der Waals surface area contributed by atoms with Crippen LogP contribution in [0.2, 0.25) is 0 Å². The van der Waals surface area contributed by atoms with E-state index in [9.17, 15) is 4.79 Å². The molecule has 1 fully saturated rings. The number of hydrogen-bond donors (Lipinski definition) is 1. The summed E-state index contributed by atoms with van der Waals surface area (Å²) >= 11 is 0. The zero-order valence-corrected chi connectivity index (χ0v) is 12.3. The first kappa shape index (κ1) is 16.7. The minimum Gasteiger partial charge on any atom is -0.341 e. The molecule has 1 rings (SSSR count). The zero-order chi connectivity index (χ0) is 12.3. The van der Waals surface area contributed by atoms with Crippen molar-refractivity contribution in [3.8, 4) is 0 Å². The molecule has 102 valence electrons. The molecule has 0 bridgehead atoms. The van der Waals surface area contributed by atoms with E-state index in [0.717, 1.165) is 25.9 Å². The van der Waals surface area contributed by atoms with E-state index >= 15 is 0 Å². The van der Waals surface area contributed by atoms with Gasteiger partial charge in [-0.2, -0.15) is 0 Å². The van der Waals surface area contributed by atoms with E-state index in [4.69, 9.17) is 5.73 Å². The standard InChI is InChI=1S/C13H26N2O.ClH/c1-5-13(4)6-8-15(9-7-13)12(16)11(14)10(2)3;/h10-11H,5-9,14H2,1-4H3;1H/t11-;/m1./s1. The number of likely N-dealkylation sites (tertiary alicyclic amines) is 1. The van der Waals surface area contributed by atoms with Gasteiger partial charge in [-0.05, 0) is 24.2 Å². The molecule has 1 atom stereocenters. The van der Waals surface area contributed by atoms with Crippen molar-refractivity contribution in [2.75, 3.05) is 13.1 Å². The maximum atomic E-state index is 12.0. The number of halogens is 1. The van der Waals surface area contributed by atoms with Gasteiger partial charge in [-0.15, -0.1) is 12.4 Å². The first-order valence-corrected chi connectivity index (χ1v) is 6.44. The smallest absolute Gasteiger partial charge is 0.239 e. The van der Waals surface area contributed by atoms with Gasteiger partial charge in [0.1, 0.15) is 0 Å². The number of carbonyl (C=O) groups is 1. The lowest BCUT2D eigenvalue weighted by molar-refractivity contribution is -0.135. The van der Waals surface area contributed by atoms with Crippen molar-refractivity contribution in [3.63, 3.8) is 0 Å². The summed E-state index contributed by atoms with van der Waals surface area (Å²) in [4.78, 5) is 14.0. The molecule has 0 aromatic carbocycles. The zero-order valence-electron chi connectivity index (χ0n) is 11.5. The van der Waals surface area contributed by atoms with E-state index in [1.54, 1.807) is 0 Å². The topological polar surface area (TPSA) is 46.3 Å². The third-order valence-electron chi connectivity index (χ3n) is 4.14. The summed E-state index contributed by atoms with van der Waals surface area (Å²) in [5.74, 6) is 0.361. The van der Waals surface area contributed by atoms with Crippen LogP contribution in [-0.4, -0.2) is 29.9 Å². The molecule has 17 heavy (non-hydrogen) atoms. The predicted octanol–water partition coefficient (Wildman–Crippen LogP) is 2.43. The van der Waals surface area contributed by atoms with Crippen LogP contribution in [0.4, 0.5) is 0 Å². The number of nitrogens with two attached hydrogens (primary N) is 1. The number of carbonyl (C=O) groups excluding carboxylic acids is 1. The van der Waals surface area contributed by atoms with Crippen molar-refractivity contribution in [2.45, 2.75) is 53.0 Å². The van der Waals surface area contributed by atoms with Gasteiger partial charge in [0, 0.05) is 13.1 Å². The lowest BCUT2D eigenvalue weighted by atomic mass is 9.78. The largest absolute Gasteiger partial charge is 0.341 e. The van der Waals surface area contributed by atoms with E-state index < -0.39 is 0 Å². The lowest BCUT2D eigenvalue weighted by Crippen LogP contribution is -2.50. The van der Waals surface area contributed by atoms with Crippen molar-refractivity contribution < 1.29 is 4.79 Å². The number of hydrogen-bond acceptors (Lipinski definition) is 2. The quantitative estimate of drug-likeness (QED) is 0.849. The molecule has 0 saturated carbocycles. The Morgan fingerprint density at radius 2 is 1.82 bits per heavy atom. The van der Waals surface area contributed by atoms with Crippen molar-refractivity contribution in [1.29, 1.82) is 0 Å². The highest BCUT2D eigenvalue weighted by atomic mass is 35.5. The van der Waals surface area contributed by atoms with Gasteiger partial charge in [0.25, 0.3) is 0 Å². The van der Waals surface area contributed by atoms with Crippen LogP contribution in [-0.2, 0) is 4.79 Å². The molecule has 2 N–H and O–H groups in total. The highest BCUT2D eigenvalue weighted by Gasteiger charge is 2.32. The Morgan fingerprint density at radius 3 is 2.18 bits per heavy atom. The molecule has 1 aliphatic rings. The van der Waals surface area contributed by atoms with Gasteiger partial charge in [0.2, 0.25) is 5.91 Å². The molecule has 0 aliphatic carbocycles. The Hall–Kier alpha value is -0.280. The first-order valence-electron chi connectivity index (χ1n) is 6.44. The Balaban J connectivity index is 0.00000256. The minimum absolute atomic E-state index is 0. The molecular weight excluding hydrogens is 236 g/mol. The van der Waals surface area contributed by atoms with Crippen LogP contribution in [0.3, 0.4) is 0 Å². The maximum Gasteiger partial charge on any atom is 0.239 e. The molecule has 0 aromatic rings. The molecule has 1 saturated heterocycles. The number of piperidine rings is 1. The SMILES string of the molecule is CCC1(C)CCN(C(=O)[C@H](N)C(C)C)CC1.Cl. The van der Waals surface area contributed by atoms with Crippen LogP contribution in [0.25, 0.3) is 0 Å². The molecule has 0 unspecified atom stereocenters. The van der Waals surface area contributed by atoms with Gasteiger partial charge >= 0.3 is 0 Å². The summed E-state index contributed by atoms with van der Waals surface area (Å²) in [6.07, 6.45) is 3.42. The van der Waals surface area contributed by atoms with Gasteiger partial charge in [-0.3, -0.25) is 4.79 Å². The summed E-state index contributed by atoms with van der Waals surface area (Å²) in [5, 5.41) is 0. The van der Waals surface area contributed by atoms with Gasteiger partial charge in [-0.25, -0.2) is 0 Å². The fraction of sp³-hybridized carbons (Fsp3) is 0.923. The molecule has 1 amide bonds. The van der Waals surface area contributed by atoms with Crippen LogP contribution in [0.5, 0.6) is 0 Å². The number of nitrogens with zero attached hydrogens (tertiary/aromatic N) is 1. The van der Waals surface area contributed by atoms with E-state index in [1.807, 2.05) is 18.7 Å². The summed E-state index contributed by atoms with van der Waals surface area (Å²) in [6, 6.07) is -0.328. The van der Waals surface area contributed by atoms with Crippen LogP contribution < -0.4 is 5.73 Å². The third-order valence-corrected chi connectivity index (χ3v) is 4.14. The lowest BCUT2D eigenvalue weighted by Gasteiger charge is -2.40. The van der Waals surface area contributed by atoms with Gasteiger partial charge < -0.3 is 10.6 Å². The Bertz CT molecular complexity index is 248. The molecule has 0 spiro atoms. The maximum absolute atomic E-state index is 12.0. The Labute approximate surface area is 112 Å². The van der Waals surface area contributed by atoms with Crippen molar-refractivity contribution in [2.24, 2.45) is 17.1 Å². The van der Waals surface area contributed by atoms with Gasteiger partial charge in [-0.1, -0.05) is 34.1 Å². The van der Waals surface area contributed by atoms with Crippen molar-refractivity contribution >= 4 is 18.3 Å². The second-order valence-electron chi connectivity index (χ2n) is 5.76. The number of rotatable bonds is 3. The Morgan fingerprint density at radius 1 is 1.35 bits per heavy atom. The predicted molar refractivity (Wildman–Crippen MR) is 74.3 cm³/mol. The van der Waals surface area contributed by atoms with Gasteiger partial charge in [0.05, 0.1) is 6.04 Å². The Kier molecular flexibility index (Phi) is 6.49. The van der Waals surface area contributed by atoms with Gasteiger partial charge in [0.15, 0.2) is 0 Å². The average Bonchev–Trinajstić information content (AvgIpc) is 2.28. The van der Waals surface area contributed by atoms with E-state index in [2.05, 4.69) is 13.8 Å². The van der Waals surface area contributed by atoms with Crippen LogP contribution in [0, 0.1) is 11.3 Å². The minimum atomic E-state index is -0.328. The normalized spacial score (nSPS) is 20.9. The van der Waals surface area contributed by atoms with Crippen molar-refractivity contribution in [3.05, 3.63) is 0 Å². The van der Waals surface area contributed by atoms with E-state index in [-0.39, 0.29) is 30.3 Å². The first-order chi connectivity index (χ1) is 7.39. The molecular formula is C13H27ClN2O. The van der Waals surface area contributed by atoms with E-state index in [0.29, 0.717) is 5.41 Å². The average molecular weight is 263 g/mol. The summed E-state index contributed by atoms with van der Waals surface area (Å²) in [5.41, 5.74) is 6.33. The molecule has 4 heteroatoms. The van der Waals surface area contributed by atoms with Crippen LogP contribution in [0.1, 0.15) is 47.0 Å². The molecule has 0 aromatic heterocycles. The third kappa shape index (κ3) is 4.14. The summed E-state index contributed by atoms with van der Waals surface area (Å²) < 4.78 is 0. The number of amides is 1. The summed E-state index contributed by atoms with van der Waals surface area (Å²) in [7, 11) is 0.